The summed E-state index contributed by atoms with van der Waals surface area (Å²) in [6, 6.07) is -0.597. The summed E-state index contributed by atoms with van der Waals surface area (Å²) in [7, 11) is 0. The van der Waals surface area contributed by atoms with Crippen LogP contribution < -0.4 is 5.32 Å². The van der Waals surface area contributed by atoms with E-state index >= 15 is 0 Å². The van der Waals surface area contributed by atoms with E-state index in [-0.39, 0.29) is 36.5 Å². The van der Waals surface area contributed by atoms with Crippen molar-refractivity contribution in [1.29, 1.82) is 0 Å². The van der Waals surface area contributed by atoms with Crippen LogP contribution in [0.15, 0.2) is 4.99 Å². The van der Waals surface area contributed by atoms with Gasteiger partial charge in [-0.25, -0.2) is 4.99 Å². The van der Waals surface area contributed by atoms with Crippen molar-refractivity contribution in [3.63, 3.8) is 0 Å². The topological polar surface area (TPSA) is 91.2 Å². The van der Waals surface area contributed by atoms with Crippen LogP contribution in [0.1, 0.15) is 34.6 Å². The molecule has 1 amide bonds. The first-order valence-corrected chi connectivity index (χ1v) is 6.97. The number of carbonyl (C=O) groups is 1. The van der Waals surface area contributed by atoms with Crippen molar-refractivity contribution < 1.29 is 19.7 Å². The fourth-order valence-electron chi connectivity index (χ4n) is 1.77. The van der Waals surface area contributed by atoms with Crippen molar-refractivity contribution in [3.05, 3.63) is 0 Å². The number of rotatable bonds is 5. The van der Waals surface area contributed by atoms with Crippen molar-refractivity contribution >= 4 is 11.8 Å². The van der Waals surface area contributed by atoms with Gasteiger partial charge in [-0.2, -0.15) is 0 Å². The Labute approximate surface area is 120 Å². The predicted molar refractivity (Wildman–Crippen MR) is 76.5 cm³/mol. The summed E-state index contributed by atoms with van der Waals surface area (Å²) in [5.41, 5.74) is 0.0109. The molecule has 0 aliphatic carbocycles. The third kappa shape index (κ3) is 4.18. The lowest BCUT2D eigenvalue weighted by atomic mass is 9.82. The Morgan fingerprint density at radius 2 is 2.10 bits per heavy atom. The number of nitrogens with zero attached hydrogens (tertiary/aromatic N) is 1. The molecule has 0 fully saturated rings. The quantitative estimate of drug-likeness (QED) is 0.679. The van der Waals surface area contributed by atoms with Gasteiger partial charge in [-0.3, -0.25) is 4.79 Å². The first-order valence-electron chi connectivity index (χ1n) is 6.97. The summed E-state index contributed by atoms with van der Waals surface area (Å²) in [6.45, 7) is 9.75. The zero-order valence-corrected chi connectivity index (χ0v) is 12.9. The molecule has 0 bridgehead atoms. The molecule has 0 saturated heterocycles. The van der Waals surface area contributed by atoms with Gasteiger partial charge in [0.15, 0.2) is 11.9 Å². The highest BCUT2D eigenvalue weighted by molar-refractivity contribution is 5.90. The minimum Gasteiger partial charge on any atom is -0.475 e. The summed E-state index contributed by atoms with van der Waals surface area (Å²) in [4.78, 5) is 16.4. The summed E-state index contributed by atoms with van der Waals surface area (Å²) < 4.78 is 5.69. The number of hydrogen-bond donors (Lipinski definition) is 3. The second kappa shape index (κ2) is 6.54. The molecule has 3 N–H and O–H groups in total. The lowest BCUT2D eigenvalue weighted by Crippen LogP contribution is -2.42. The monoisotopic (exact) mass is 286 g/mol. The molecule has 116 valence electrons. The van der Waals surface area contributed by atoms with Crippen LogP contribution in [-0.4, -0.2) is 53.4 Å². The Morgan fingerprint density at radius 1 is 1.50 bits per heavy atom. The fourth-order valence-corrected chi connectivity index (χ4v) is 1.77. The molecule has 0 aromatic rings. The van der Waals surface area contributed by atoms with E-state index in [1.165, 1.54) is 0 Å². The number of aliphatic imine (C=N–C) groups is 1. The zero-order valence-electron chi connectivity index (χ0n) is 12.9. The number of aliphatic hydroxyl groups excluding tert-OH is 2. The van der Waals surface area contributed by atoms with E-state index in [4.69, 9.17) is 9.84 Å². The molecule has 6 nitrogen and oxygen atoms in total. The molecule has 0 spiro atoms. The van der Waals surface area contributed by atoms with E-state index in [0.29, 0.717) is 5.90 Å². The third-order valence-corrected chi connectivity index (χ3v) is 3.68. The summed E-state index contributed by atoms with van der Waals surface area (Å²) in [5, 5.41) is 20.5. The highest BCUT2D eigenvalue weighted by Gasteiger charge is 2.38. The highest BCUT2D eigenvalue weighted by Crippen LogP contribution is 2.30. The Kier molecular flexibility index (Phi) is 5.53. The lowest BCUT2D eigenvalue weighted by Gasteiger charge is -2.26. The van der Waals surface area contributed by atoms with Gasteiger partial charge in [-0.05, 0) is 12.3 Å². The van der Waals surface area contributed by atoms with Crippen molar-refractivity contribution in [2.45, 2.75) is 52.9 Å². The number of ether oxygens (including phenoxy) is 1. The maximum Gasteiger partial charge on any atom is 0.248 e. The van der Waals surface area contributed by atoms with E-state index in [1.54, 1.807) is 6.92 Å². The summed E-state index contributed by atoms with van der Waals surface area (Å²) in [5.74, 6) is 0.430. The van der Waals surface area contributed by atoms with E-state index in [9.17, 15) is 9.90 Å². The molecule has 6 heteroatoms. The number of hydrogen-bond acceptors (Lipinski definition) is 5. The zero-order chi connectivity index (χ0) is 15.5. The van der Waals surface area contributed by atoms with Gasteiger partial charge < -0.3 is 20.3 Å². The van der Waals surface area contributed by atoms with Gasteiger partial charge >= 0.3 is 0 Å². The SMILES string of the molecule is CC1OC(C(C)C(C)(C)C)=NC1C(=O)NCC(O)CO. The van der Waals surface area contributed by atoms with E-state index in [2.05, 4.69) is 31.1 Å². The second-order valence-corrected chi connectivity index (χ2v) is 6.40. The normalized spacial score (nSPS) is 25.6. The Balaban J connectivity index is 2.67. The standard InChI is InChI=1S/C14H26N2O4/c1-8(14(3,4)5)13-16-11(9(2)20-13)12(19)15-6-10(18)7-17/h8-11,17-18H,6-7H2,1-5H3,(H,15,19). The molecule has 4 unspecified atom stereocenters. The molecule has 0 saturated carbocycles. The van der Waals surface area contributed by atoms with Crippen LogP contribution in [0, 0.1) is 11.3 Å². The van der Waals surface area contributed by atoms with Gasteiger partial charge in [0.25, 0.3) is 0 Å². The van der Waals surface area contributed by atoms with Crippen LogP contribution in [0.2, 0.25) is 0 Å². The largest absolute Gasteiger partial charge is 0.475 e. The molecular weight excluding hydrogens is 260 g/mol. The van der Waals surface area contributed by atoms with Crippen LogP contribution in [0.5, 0.6) is 0 Å². The predicted octanol–water partition coefficient (Wildman–Crippen LogP) is 0.324. The Hall–Kier alpha value is -1.14. The van der Waals surface area contributed by atoms with Crippen molar-refractivity contribution in [2.24, 2.45) is 16.3 Å². The minimum atomic E-state index is -0.950. The average Bonchev–Trinajstić information content (AvgIpc) is 2.75. The maximum atomic E-state index is 12.0. The smallest absolute Gasteiger partial charge is 0.248 e. The molecule has 1 aliphatic rings. The molecule has 0 aromatic heterocycles. The first-order chi connectivity index (χ1) is 9.16. The van der Waals surface area contributed by atoms with Gasteiger partial charge in [0.05, 0.1) is 12.7 Å². The highest BCUT2D eigenvalue weighted by atomic mass is 16.5. The van der Waals surface area contributed by atoms with Gasteiger partial charge in [-0.1, -0.05) is 27.7 Å². The van der Waals surface area contributed by atoms with Gasteiger partial charge in [0, 0.05) is 12.5 Å². The number of nitrogens with one attached hydrogen (secondary N) is 1. The van der Waals surface area contributed by atoms with Crippen LogP contribution >= 0.6 is 0 Å². The van der Waals surface area contributed by atoms with Gasteiger partial charge in [0.2, 0.25) is 5.91 Å². The third-order valence-electron chi connectivity index (χ3n) is 3.68. The van der Waals surface area contributed by atoms with Crippen molar-refractivity contribution in [2.75, 3.05) is 13.2 Å². The van der Waals surface area contributed by atoms with E-state index in [1.807, 2.05) is 6.92 Å². The summed E-state index contributed by atoms with van der Waals surface area (Å²) >= 11 is 0. The van der Waals surface area contributed by atoms with Gasteiger partial charge in [0.1, 0.15) is 6.10 Å². The lowest BCUT2D eigenvalue weighted by molar-refractivity contribution is -0.124. The average molecular weight is 286 g/mol. The molecule has 1 aliphatic heterocycles. The number of amides is 1. The first kappa shape index (κ1) is 16.9. The van der Waals surface area contributed by atoms with Crippen LogP contribution in [0.25, 0.3) is 0 Å². The van der Waals surface area contributed by atoms with Crippen LogP contribution in [0.4, 0.5) is 0 Å². The van der Waals surface area contributed by atoms with Crippen molar-refractivity contribution in [3.8, 4) is 0 Å². The molecule has 1 rings (SSSR count). The minimum absolute atomic E-state index is 0.0109. The second-order valence-electron chi connectivity index (χ2n) is 6.40. The van der Waals surface area contributed by atoms with E-state index in [0.717, 1.165) is 0 Å². The summed E-state index contributed by atoms with van der Waals surface area (Å²) in [6.07, 6.45) is -1.27. The molecule has 1 heterocycles. The van der Waals surface area contributed by atoms with Crippen molar-refractivity contribution in [1.82, 2.24) is 5.32 Å². The Morgan fingerprint density at radius 3 is 2.60 bits per heavy atom. The number of carbonyl (C=O) groups excluding carboxylic acids is 1. The molecule has 4 atom stereocenters. The molecular formula is C14H26N2O4. The Bertz CT molecular complexity index is 376. The number of aliphatic hydroxyl groups is 2. The van der Waals surface area contributed by atoms with E-state index < -0.39 is 12.1 Å². The van der Waals surface area contributed by atoms with Crippen LogP contribution in [0.3, 0.4) is 0 Å². The van der Waals surface area contributed by atoms with Crippen LogP contribution in [-0.2, 0) is 9.53 Å². The molecule has 20 heavy (non-hydrogen) atoms. The maximum absolute atomic E-state index is 12.0. The molecule has 0 radical (unpaired) electrons. The fraction of sp³-hybridized carbons (Fsp3) is 0.857. The molecule has 0 aromatic carbocycles. The van der Waals surface area contributed by atoms with Gasteiger partial charge in [-0.15, -0.1) is 0 Å².